The van der Waals surface area contributed by atoms with Gasteiger partial charge < -0.3 is 4.90 Å². The van der Waals surface area contributed by atoms with Crippen molar-refractivity contribution in [2.45, 2.75) is 50.7 Å². The number of hydrogen-bond acceptors (Lipinski definition) is 2. The Morgan fingerprint density at radius 3 is 2.79 bits per heavy atom. The molecule has 1 aromatic carbocycles. The highest BCUT2D eigenvalue weighted by atomic mass is 19.1. The molecule has 1 aliphatic rings. The number of halogens is 1. The van der Waals surface area contributed by atoms with Gasteiger partial charge >= 0.3 is 0 Å². The molecule has 0 radical (unpaired) electrons. The zero-order valence-corrected chi connectivity index (χ0v) is 11.5. The van der Waals surface area contributed by atoms with E-state index >= 15 is 0 Å². The second-order valence-electron chi connectivity index (χ2n) is 5.33. The molecule has 1 fully saturated rings. The van der Waals surface area contributed by atoms with Crippen LogP contribution in [0, 0.1) is 11.3 Å². The summed E-state index contributed by atoms with van der Waals surface area (Å²) in [6.45, 7) is 0. The average Bonchev–Trinajstić information content (AvgIpc) is 2.48. The van der Waals surface area contributed by atoms with Crippen LogP contribution < -0.4 is 4.90 Å². The van der Waals surface area contributed by atoms with Crippen LogP contribution in [0.25, 0.3) is 0 Å². The molecular weight excluding hydrogens is 239 g/mol. The first-order valence-electron chi connectivity index (χ1n) is 7.06. The Balaban J connectivity index is 2.11. The van der Waals surface area contributed by atoms with Gasteiger partial charge in [-0.05, 0) is 30.5 Å². The van der Waals surface area contributed by atoms with E-state index in [9.17, 15) is 4.39 Å². The number of hydrogen-bond donors (Lipinski definition) is 0. The molecule has 1 unspecified atom stereocenters. The molecule has 1 atom stereocenters. The lowest BCUT2D eigenvalue weighted by Crippen LogP contribution is -2.33. The molecule has 0 aliphatic heterocycles. The first kappa shape index (κ1) is 13.9. The lowest BCUT2D eigenvalue weighted by Gasteiger charge is -2.33. The van der Waals surface area contributed by atoms with Gasteiger partial charge in [0, 0.05) is 18.8 Å². The molecule has 0 spiro atoms. The van der Waals surface area contributed by atoms with Gasteiger partial charge in [-0.1, -0.05) is 31.4 Å². The third-order valence-corrected chi connectivity index (χ3v) is 4.03. The highest BCUT2D eigenvalue weighted by Crippen LogP contribution is 2.29. The summed E-state index contributed by atoms with van der Waals surface area (Å²) < 4.78 is 13.8. The summed E-state index contributed by atoms with van der Waals surface area (Å²) in [5.74, 6) is 0. The number of benzene rings is 1. The maximum absolute atomic E-state index is 13.8. The summed E-state index contributed by atoms with van der Waals surface area (Å²) in [6, 6.07) is 10.0. The third kappa shape index (κ3) is 3.47. The van der Waals surface area contributed by atoms with Gasteiger partial charge in [0.05, 0.1) is 12.5 Å². The zero-order valence-electron chi connectivity index (χ0n) is 11.5. The van der Waals surface area contributed by atoms with Crippen LogP contribution in [-0.4, -0.2) is 13.1 Å². The molecule has 1 aromatic rings. The first-order valence-corrected chi connectivity index (χ1v) is 7.06. The zero-order chi connectivity index (χ0) is 13.7. The number of rotatable bonds is 4. The largest absolute Gasteiger partial charge is 0.372 e. The lowest BCUT2D eigenvalue weighted by molar-refractivity contribution is 0.350. The van der Waals surface area contributed by atoms with Crippen molar-refractivity contribution in [3.05, 3.63) is 29.8 Å². The summed E-state index contributed by atoms with van der Waals surface area (Å²) >= 11 is 0. The Kier molecular flexibility index (Phi) is 4.79. The van der Waals surface area contributed by atoms with Gasteiger partial charge in [0.1, 0.15) is 6.17 Å². The van der Waals surface area contributed by atoms with E-state index in [1.165, 1.54) is 32.1 Å². The van der Waals surface area contributed by atoms with E-state index in [-0.39, 0.29) is 6.42 Å². The predicted molar refractivity (Wildman–Crippen MR) is 75.8 cm³/mol. The second kappa shape index (κ2) is 6.56. The highest BCUT2D eigenvalue weighted by Gasteiger charge is 2.19. The van der Waals surface area contributed by atoms with E-state index in [4.69, 9.17) is 5.26 Å². The van der Waals surface area contributed by atoms with Crippen LogP contribution in [0.5, 0.6) is 0 Å². The van der Waals surface area contributed by atoms with Crippen LogP contribution in [0.4, 0.5) is 10.1 Å². The molecule has 102 valence electrons. The average molecular weight is 260 g/mol. The Morgan fingerprint density at radius 1 is 1.37 bits per heavy atom. The Morgan fingerprint density at radius 2 is 2.11 bits per heavy atom. The lowest BCUT2D eigenvalue weighted by atomic mass is 9.94. The molecule has 0 aromatic heterocycles. The molecule has 1 aliphatic carbocycles. The fourth-order valence-electron chi connectivity index (χ4n) is 2.82. The van der Waals surface area contributed by atoms with Gasteiger partial charge in [0.25, 0.3) is 0 Å². The quantitative estimate of drug-likeness (QED) is 0.803. The maximum Gasteiger partial charge on any atom is 0.138 e. The van der Waals surface area contributed by atoms with Gasteiger partial charge in [0.15, 0.2) is 0 Å². The monoisotopic (exact) mass is 260 g/mol. The molecule has 2 rings (SSSR count). The molecule has 0 saturated heterocycles. The summed E-state index contributed by atoms with van der Waals surface area (Å²) in [5.41, 5.74) is 1.67. The van der Waals surface area contributed by atoms with Crippen molar-refractivity contribution < 1.29 is 4.39 Å². The van der Waals surface area contributed by atoms with Crippen molar-refractivity contribution >= 4 is 5.69 Å². The van der Waals surface area contributed by atoms with Gasteiger partial charge in [0.2, 0.25) is 0 Å². The fourth-order valence-corrected chi connectivity index (χ4v) is 2.82. The van der Waals surface area contributed by atoms with Crippen LogP contribution in [0.15, 0.2) is 24.3 Å². The van der Waals surface area contributed by atoms with E-state index in [0.29, 0.717) is 11.6 Å². The van der Waals surface area contributed by atoms with Crippen LogP contribution in [-0.2, 0) is 0 Å². The van der Waals surface area contributed by atoms with Gasteiger partial charge in [-0.15, -0.1) is 0 Å². The summed E-state index contributed by atoms with van der Waals surface area (Å²) in [7, 11) is 2.09. The first-order chi connectivity index (χ1) is 9.22. The number of alkyl halides is 1. The molecule has 0 heterocycles. The third-order valence-electron chi connectivity index (χ3n) is 4.03. The SMILES string of the molecule is CN(c1cccc(C(F)CC#N)c1)C1CCCCC1. The van der Waals surface area contributed by atoms with Gasteiger partial charge in [-0.25, -0.2) is 4.39 Å². The Bertz CT molecular complexity index is 446. The van der Waals surface area contributed by atoms with E-state index in [1.807, 2.05) is 24.3 Å². The highest BCUT2D eigenvalue weighted by molar-refractivity contribution is 5.49. The van der Waals surface area contributed by atoms with Crippen molar-refractivity contribution in [2.75, 3.05) is 11.9 Å². The Hall–Kier alpha value is -1.56. The van der Waals surface area contributed by atoms with E-state index in [1.54, 1.807) is 6.07 Å². The summed E-state index contributed by atoms with van der Waals surface area (Å²) in [5, 5.41) is 8.58. The molecule has 2 nitrogen and oxygen atoms in total. The summed E-state index contributed by atoms with van der Waals surface area (Å²) in [6.07, 6.45) is 5.10. The molecule has 1 saturated carbocycles. The molecule has 0 amide bonds. The van der Waals surface area contributed by atoms with E-state index < -0.39 is 6.17 Å². The van der Waals surface area contributed by atoms with Crippen molar-refractivity contribution in [1.29, 1.82) is 5.26 Å². The minimum Gasteiger partial charge on any atom is -0.372 e. The number of anilines is 1. The van der Waals surface area contributed by atoms with Crippen molar-refractivity contribution in [2.24, 2.45) is 0 Å². The van der Waals surface area contributed by atoms with E-state index in [0.717, 1.165) is 5.69 Å². The predicted octanol–water partition coefficient (Wildman–Crippen LogP) is 4.38. The second-order valence-corrected chi connectivity index (χ2v) is 5.33. The minimum atomic E-state index is -1.18. The minimum absolute atomic E-state index is 0.0728. The normalized spacial score (nSPS) is 17.7. The molecule has 0 bridgehead atoms. The molecule has 3 heteroatoms. The topological polar surface area (TPSA) is 27.0 Å². The fraction of sp³-hybridized carbons (Fsp3) is 0.562. The van der Waals surface area contributed by atoms with Crippen molar-refractivity contribution in [1.82, 2.24) is 0 Å². The standard InChI is InChI=1S/C16H21FN2/c1-19(14-7-3-2-4-8-14)15-9-5-6-13(12-15)16(17)10-11-18/h5-6,9,12,14,16H,2-4,7-8,10H2,1H3. The smallest absolute Gasteiger partial charge is 0.138 e. The molecule has 0 N–H and O–H groups in total. The molecule has 19 heavy (non-hydrogen) atoms. The van der Waals surface area contributed by atoms with E-state index in [2.05, 4.69) is 11.9 Å². The Labute approximate surface area is 114 Å². The van der Waals surface area contributed by atoms with Gasteiger partial charge in [-0.2, -0.15) is 5.26 Å². The van der Waals surface area contributed by atoms with Crippen molar-refractivity contribution in [3.8, 4) is 6.07 Å². The number of nitriles is 1. The van der Waals surface area contributed by atoms with Crippen LogP contribution in [0.1, 0.15) is 50.3 Å². The molecular formula is C16H21FN2. The summed E-state index contributed by atoms with van der Waals surface area (Å²) in [4.78, 5) is 2.27. The van der Waals surface area contributed by atoms with Crippen LogP contribution in [0.3, 0.4) is 0 Å². The van der Waals surface area contributed by atoms with Crippen LogP contribution >= 0.6 is 0 Å². The van der Waals surface area contributed by atoms with Crippen molar-refractivity contribution in [3.63, 3.8) is 0 Å². The number of nitrogens with zero attached hydrogens (tertiary/aromatic N) is 2. The maximum atomic E-state index is 13.8. The van der Waals surface area contributed by atoms with Gasteiger partial charge in [-0.3, -0.25) is 0 Å². The van der Waals surface area contributed by atoms with Crippen LogP contribution in [0.2, 0.25) is 0 Å².